The van der Waals surface area contributed by atoms with Crippen molar-refractivity contribution < 1.29 is 14.6 Å². The van der Waals surface area contributed by atoms with Crippen LogP contribution < -0.4 is 10.1 Å². The van der Waals surface area contributed by atoms with Crippen molar-refractivity contribution in [2.75, 3.05) is 32.9 Å². The molecule has 0 amide bonds. The van der Waals surface area contributed by atoms with Gasteiger partial charge in [-0.2, -0.15) is 0 Å². The first kappa shape index (κ1) is 15.6. The molecule has 1 unspecified atom stereocenters. The molecule has 0 saturated carbocycles. The van der Waals surface area contributed by atoms with E-state index in [9.17, 15) is 5.11 Å². The molecule has 112 valence electrons. The van der Waals surface area contributed by atoms with E-state index in [4.69, 9.17) is 21.1 Å². The summed E-state index contributed by atoms with van der Waals surface area (Å²) in [4.78, 5) is 0. The number of hydrogen-bond acceptors (Lipinski definition) is 4. The average molecular weight is 300 g/mol. The van der Waals surface area contributed by atoms with E-state index in [1.165, 1.54) is 0 Å². The van der Waals surface area contributed by atoms with Gasteiger partial charge < -0.3 is 19.9 Å². The molecule has 2 rings (SSSR count). The van der Waals surface area contributed by atoms with Crippen LogP contribution in [-0.4, -0.2) is 44.1 Å². The van der Waals surface area contributed by atoms with Crippen molar-refractivity contribution in [3.05, 3.63) is 29.3 Å². The first-order valence-electron chi connectivity index (χ1n) is 7.09. The van der Waals surface area contributed by atoms with Crippen molar-refractivity contribution in [2.24, 2.45) is 5.92 Å². The van der Waals surface area contributed by atoms with Crippen LogP contribution in [0.1, 0.15) is 12.8 Å². The summed E-state index contributed by atoms with van der Waals surface area (Å²) in [5, 5.41) is 13.8. The molecule has 1 heterocycles. The van der Waals surface area contributed by atoms with Gasteiger partial charge in [-0.15, -0.1) is 0 Å². The summed E-state index contributed by atoms with van der Waals surface area (Å²) in [7, 11) is 0. The number of nitrogens with one attached hydrogen (secondary N) is 1. The van der Waals surface area contributed by atoms with E-state index < -0.39 is 6.10 Å². The van der Waals surface area contributed by atoms with Gasteiger partial charge in [0.15, 0.2) is 0 Å². The number of hydrogen-bond donors (Lipinski definition) is 2. The molecule has 1 fully saturated rings. The zero-order chi connectivity index (χ0) is 14.2. The lowest BCUT2D eigenvalue weighted by molar-refractivity contribution is 0.0630. The van der Waals surface area contributed by atoms with Crippen molar-refractivity contribution in [1.29, 1.82) is 0 Å². The molecule has 20 heavy (non-hydrogen) atoms. The Morgan fingerprint density at radius 1 is 1.40 bits per heavy atom. The van der Waals surface area contributed by atoms with Crippen molar-refractivity contribution in [2.45, 2.75) is 18.9 Å². The third kappa shape index (κ3) is 5.67. The van der Waals surface area contributed by atoms with Crippen molar-refractivity contribution in [1.82, 2.24) is 5.32 Å². The fourth-order valence-corrected chi connectivity index (χ4v) is 2.39. The van der Waals surface area contributed by atoms with Crippen LogP contribution in [0.3, 0.4) is 0 Å². The number of rotatable bonds is 7. The molecule has 5 heteroatoms. The van der Waals surface area contributed by atoms with Crippen LogP contribution in [0.25, 0.3) is 0 Å². The highest BCUT2D eigenvalue weighted by atomic mass is 35.5. The minimum Gasteiger partial charge on any atom is -0.491 e. The SMILES string of the molecule is OC(CNCC1CCOCC1)COc1cccc(Cl)c1. The van der Waals surface area contributed by atoms with Crippen LogP contribution in [0.5, 0.6) is 5.75 Å². The van der Waals surface area contributed by atoms with Gasteiger partial charge >= 0.3 is 0 Å². The molecule has 1 atom stereocenters. The predicted molar refractivity (Wildman–Crippen MR) is 79.4 cm³/mol. The number of benzene rings is 1. The maximum Gasteiger partial charge on any atom is 0.120 e. The summed E-state index contributed by atoms with van der Waals surface area (Å²) in [6.07, 6.45) is 1.68. The highest BCUT2D eigenvalue weighted by molar-refractivity contribution is 6.30. The Labute approximate surface area is 125 Å². The third-order valence-electron chi connectivity index (χ3n) is 3.39. The molecule has 0 aliphatic carbocycles. The van der Waals surface area contributed by atoms with Gasteiger partial charge in [0.25, 0.3) is 0 Å². The van der Waals surface area contributed by atoms with Crippen LogP contribution in [0.15, 0.2) is 24.3 Å². The van der Waals surface area contributed by atoms with E-state index >= 15 is 0 Å². The number of aliphatic hydroxyl groups is 1. The van der Waals surface area contributed by atoms with Crippen molar-refractivity contribution in [3.8, 4) is 5.75 Å². The van der Waals surface area contributed by atoms with Gasteiger partial charge in [-0.05, 0) is 43.5 Å². The van der Waals surface area contributed by atoms with Gasteiger partial charge in [-0.3, -0.25) is 0 Å². The molecule has 0 spiro atoms. The molecule has 0 aromatic heterocycles. The minimum absolute atomic E-state index is 0.265. The standard InChI is InChI=1S/C15H22ClNO3/c16-13-2-1-3-15(8-13)20-11-14(18)10-17-9-12-4-6-19-7-5-12/h1-3,8,12,14,17-18H,4-7,9-11H2. The summed E-state index contributed by atoms with van der Waals surface area (Å²) in [6, 6.07) is 7.19. The Kier molecular flexibility index (Phi) is 6.60. The Balaban J connectivity index is 1.59. The smallest absolute Gasteiger partial charge is 0.120 e. The highest BCUT2D eigenvalue weighted by Gasteiger charge is 2.14. The number of aliphatic hydroxyl groups excluding tert-OH is 1. The second-order valence-corrected chi connectivity index (χ2v) is 5.57. The largest absolute Gasteiger partial charge is 0.491 e. The van der Waals surface area contributed by atoms with Crippen LogP contribution in [-0.2, 0) is 4.74 Å². The summed E-state index contributed by atoms with van der Waals surface area (Å²) in [5.41, 5.74) is 0. The van der Waals surface area contributed by atoms with Gasteiger partial charge in [0.1, 0.15) is 18.5 Å². The van der Waals surface area contributed by atoms with E-state index in [-0.39, 0.29) is 6.61 Å². The van der Waals surface area contributed by atoms with E-state index in [1.807, 2.05) is 12.1 Å². The molecule has 1 aliphatic rings. The Bertz CT molecular complexity index is 396. The zero-order valence-electron chi connectivity index (χ0n) is 11.6. The number of halogens is 1. The molecule has 1 aromatic carbocycles. The fourth-order valence-electron chi connectivity index (χ4n) is 2.21. The lowest BCUT2D eigenvalue weighted by Crippen LogP contribution is -2.35. The fraction of sp³-hybridized carbons (Fsp3) is 0.600. The van der Waals surface area contributed by atoms with Crippen molar-refractivity contribution >= 4 is 11.6 Å². The Morgan fingerprint density at radius 3 is 2.95 bits per heavy atom. The van der Waals surface area contributed by atoms with Gasteiger partial charge in [-0.1, -0.05) is 17.7 Å². The monoisotopic (exact) mass is 299 g/mol. The quantitative estimate of drug-likeness (QED) is 0.809. The van der Waals surface area contributed by atoms with E-state index in [0.29, 0.717) is 23.2 Å². The molecule has 1 aromatic rings. The maximum atomic E-state index is 9.86. The molecule has 1 aliphatic heterocycles. The molecule has 4 nitrogen and oxygen atoms in total. The first-order chi connectivity index (χ1) is 9.74. The summed E-state index contributed by atoms with van der Waals surface area (Å²) in [5.74, 6) is 1.34. The van der Waals surface area contributed by atoms with Gasteiger partial charge in [0, 0.05) is 24.8 Å². The normalized spacial score (nSPS) is 17.9. The predicted octanol–water partition coefficient (Wildman–Crippen LogP) is 2.10. The maximum absolute atomic E-state index is 9.86. The van der Waals surface area contributed by atoms with Crippen LogP contribution >= 0.6 is 11.6 Å². The van der Waals surface area contributed by atoms with E-state index in [2.05, 4.69) is 5.32 Å². The molecule has 2 N–H and O–H groups in total. The molecule has 0 bridgehead atoms. The van der Waals surface area contributed by atoms with E-state index in [0.717, 1.165) is 32.6 Å². The number of ether oxygens (including phenoxy) is 2. The summed E-state index contributed by atoms with van der Waals surface area (Å²) in [6.45, 7) is 3.44. The second kappa shape index (κ2) is 8.47. The summed E-state index contributed by atoms with van der Waals surface area (Å²) < 4.78 is 10.8. The lowest BCUT2D eigenvalue weighted by atomic mass is 10.0. The first-order valence-corrected chi connectivity index (χ1v) is 7.47. The topological polar surface area (TPSA) is 50.7 Å². The highest BCUT2D eigenvalue weighted by Crippen LogP contribution is 2.17. The van der Waals surface area contributed by atoms with Crippen molar-refractivity contribution in [3.63, 3.8) is 0 Å². The Hall–Kier alpha value is -0.810. The Morgan fingerprint density at radius 2 is 2.20 bits per heavy atom. The zero-order valence-corrected chi connectivity index (χ0v) is 12.3. The second-order valence-electron chi connectivity index (χ2n) is 5.14. The van der Waals surface area contributed by atoms with Gasteiger partial charge in [0.05, 0.1) is 0 Å². The third-order valence-corrected chi connectivity index (χ3v) is 3.63. The van der Waals surface area contributed by atoms with Gasteiger partial charge in [-0.25, -0.2) is 0 Å². The van der Waals surface area contributed by atoms with E-state index in [1.54, 1.807) is 12.1 Å². The molecular weight excluding hydrogens is 278 g/mol. The summed E-state index contributed by atoms with van der Waals surface area (Å²) >= 11 is 5.86. The molecule has 1 saturated heterocycles. The average Bonchev–Trinajstić information content (AvgIpc) is 2.46. The molecular formula is C15H22ClNO3. The molecule has 0 radical (unpaired) electrons. The van der Waals surface area contributed by atoms with Gasteiger partial charge in [0.2, 0.25) is 0 Å². The van der Waals surface area contributed by atoms with Crippen LogP contribution in [0, 0.1) is 5.92 Å². The lowest BCUT2D eigenvalue weighted by Gasteiger charge is -2.23. The van der Waals surface area contributed by atoms with Crippen LogP contribution in [0.2, 0.25) is 5.02 Å². The minimum atomic E-state index is -0.520. The van der Waals surface area contributed by atoms with Crippen LogP contribution in [0.4, 0.5) is 0 Å².